The van der Waals surface area contributed by atoms with Gasteiger partial charge in [0, 0.05) is 11.3 Å². The van der Waals surface area contributed by atoms with Crippen molar-refractivity contribution in [3.63, 3.8) is 0 Å². The fourth-order valence-electron chi connectivity index (χ4n) is 3.22. The first kappa shape index (κ1) is 14.5. The third-order valence-electron chi connectivity index (χ3n) is 4.74. The van der Waals surface area contributed by atoms with E-state index in [1.807, 2.05) is 22.9 Å². The Morgan fingerprint density at radius 1 is 1.29 bits per heavy atom. The molecule has 0 radical (unpaired) electrons. The molecule has 0 aliphatic heterocycles. The minimum Gasteiger partial charge on any atom is -0.398 e. The summed E-state index contributed by atoms with van der Waals surface area (Å²) in [5, 5.41) is 12.4. The van der Waals surface area contributed by atoms with Gasteiger partial charge in [-0.05, 0) is 56.7 Å². The number of aromatic nitrogens is 4. The van der Waals surface area contributed by atoms with Crippen LogP contribution in [0.15, 0.2) is 22.7 Å². The number of tetrazole rings is 1. The van der Waals surface area contributed by atoms with Gasteiger partial charge in [0.15, 0.2) is 5.82 Å². The maximum absolute atomic E-state index is 5.98. The zero-order valence-electron chi connectivity index (χ0n) is 12.3. The predicted molar refractivity (Wildman–Crippen MR) is 86.6 cm³/mol. The van der Waals surface area contributed by atoms with Crippen molar-refractivity contribution in [1.82, 2.24) is 20.2 Å². The van der Waals surface area contributed by atoms with Gasteiger partial charge in [-0.15, -0.1) is 5.10 Å². The Bertz CT molecular complexity index is 639. The van der Waals surface area contributed by atoms with Gasteiger partial charge in [-0.25, -0.2) is 4.68 Å². The molecule has 0 amide bonds. The summed E-state index contributed by atoms with van der Waals surface area (Å²) in [6, 6.07) is 6.15. The maximum Gasteiger partial charge on any atom is 0.183 e. The molecular formula is C15H20BrN5. The van der Waals surface area contributed by atoms with E-state index in [9.17, 15) is 0 Å². The molecule has 112 valence electrons. The largest absolute Gasteiger partial charge is 0.398 e. The molecule has 1 aliphatic rings. The highest BCUT2D eigenvalue weighted by atomic mass is 79.9. The van der Waals surface area contributed by atoms with E-state index in [-0.39, 0.29) is 0 Å². The number of anilines is 1. The highest BCUT2D eigenvalue weighted by Crippen LogP contribution is 2.40. The number of nitrogens with two attached hydrogens (primary N) is 1. The van der Waals surface area contributed by atoms with Gasteiger partial charge in [0.25, 0.3) is 0 Å². The van der Waals surface area contributed by atoms with E-state index in [1.165, 1.54) is 12.8 Å². The normalized spacial score (nSPS) is 26.0. The molecule has 1 fully saturated rings. The summed E-state index contributed by atoms with van der Waals surface area (Å²) in [4.78, 5) is 0. The minimum absolute atomic E-state index is 0.354. The van der Waals surface area contributed by atoms with Gasteiger partial charge in [0.05, 0.1) is 10.5 Å². The van der Waals surface area contributed by atoms with E-state index in [2.05, 4.69) is 45.3 Å². The summed E-state index contributed by atoms with van der Waals surface area (Å²) in [6.45, 7) is 4.62. The molecule has 0 spiro atoms. The first-order chi connectivity index (χ1) is 10.1. The first-order valence-electron chi connectivity index (χ1n) is 7.41. The molecule has 2 N–H and O–H groups in total. The van der Waals surface area contributed by atoms with Crippen molar-refractivity contribution >= 4 is 21.6 Å². The molecular weight excluding hydrogens is 330 g/mol. The molecule has 3 rings (SSSR count). The van der Waals surface area contributed by atoms with Gasteiger partial charge in [-0.3, -0.25) is 0 Å². The second-order valence-corrected chi connectivity index (χ2v) is 6.78. The molecule has 5 nitrogen and oxygen atoms in total. The van der Waals surface area contributed by atoms with Crippen molar-refractivity contribution < 1.29 is 0 Å². The maximum atomic E-state index is 5.98. The average Bonchev–Trinajstić information content (AvgIpc) is 2.94. The Balaban J connectivity index is 2.03. The smallest absolute Gasteiger partial charge is 0.183 e. The van der Waals surface area contributed by atoms with Gasteiger partial charge in [0.2, 0.25) is 0 Å². The molecule has 6 heteroatoms. The van der Waals surface area contributed by atoms with Crippen LogP contribution in [-0.2, 0) is 0 Å². The Kier molecular flexibility index (Phi) is 3.97. The van der Waals surface area contributed by atoms with E-state index in [0.717, 1.165) is 22.3 Å². The molecule has 1 saturated carbocycles. The van der Waals surface area contributed by atoms with Gasteiger partial charge < -0.3 is 5.73 Å². The Labute approximate surface area is 133 Å². The van der Waals surface area contributed by atoms with Crippen LogP contribution in [0, 0.1) is 11.8 Å². The topological polar surface area (TPSA) is 69.6 Å². The van der Waals surface area contributed by atoms with Crippen LogP contribution in [0.3, 0.4) is 0 Å². The van der Waals surface area contributed by atoms with Crippen molar-refractivity contribution in [1.29, 1.82) is 0 Å². The van der Waals surface area contributed by atoms with E-state index >= 15 is 0 Å². The van der Waals surface area contributed by atoms with Gasteiger partial charge >= 0.3 is 0 Å². The zero-order valence-corrected chi connectivity index (χ0v) is 13.9. The molecule has 0 bridgehead atoms. The van der Waals surface area contributed by atoms with Gasteiger partial charge in [-0.1, -0.05) is 32.8 Å². The quantitative estimate of drug-likeness (QED) is 0.839. The predicted octanol–water partition coefficient (Wildman–Crippen LogP) is 3.68. The lowest BCUT2D eigenvalue weighted by Crippen LogP contribution is -2.28. The number of nitrogens with zero attached hydrogens (tertiary/aromatic N) is 4. The van der Waals surface area contributed by atoms with Crippen molar-refractivity contribution in [2.45, 2.75) is 39.2 Å². The molecule has 3 atom stereocenters. The summed E-state index contributed by atoms with van der Waals surface area (Å²) in [5.74, 6) is 2.06. The number of nitrogen functional groups attached to an aromatic ring is 1. The average molecular weight is 350 g/mol. The molecule has 0 saturated heterocycles. The Morgan fingerprint density at radius 2 is 2.10 bits per heavy atom. The molecule has 1 aliphatic carbocycles. The summed E-state index contributed by atoms with van der Waals surface area (Å²) >= 11 is 3.55. The number of hydrogen-bond donors (Lipinski definition) is 1. The summed E-state index contributed by atoms with van der Waals surface area (Å²) in [5.41, 5.74) is 7.63. The van der Waals surface area contributed by atoms with Crippen LogP contribution in [-0.4, -0.2) is 20.2 Å². The van der Waals surface area contributed by atoms with Gasteiger partial charge in [0.1, 0.15) is 0 Å². The van der Waals surface area contributed by atoms with Crippen molar-refractivity contribution in [2.24, 2.45) is 11.8 Å². The van der Waals surface area contributed by atoms with Crippen molar-refractivity contribution in [3.05, 3.63) is 22.7 Å². The van der Waals surface area contributed by atoms with Crippen LogP contribution in [0.5, 0.6) is 0 Å². The fraction of sp³-hybridized carbons (Fsp3) is 0.533. The summed E-state index contributed by atoms with van der Waals surface area (Å²) < 4.78 is 2.84. The highest BCUT2D eigenvalue weighted by molar-refractivity contribution is 9.10. The van der Waals surface area contributed by atoms with Crippen LogP contribution in [0.2, 0.25) is 0 Å². The lowest BCUT2D eigenvalue weighted by atomic mass is 9.78. The van der Waals surface area contributed by atoms with E-state index in [1.54, 1.807) is 0 Å². The molecule has 3 unspecified atom stereocenters. The number of hydrogen-bond acceptors (Lipinski definition) is 4. The standard InChI is InChI=1S/C15H20BrN5/c1-9-5-3-8-13(10(9)2)21-15(18-19-20-21)11-6-4-7-12(17)14(11)16/h4,6-7,9-10,13H,3,5,8,17H2,1-2H3. The van der Waals surface area contributed by atoms with Crippen molar-refractivity contribution in [2.75, 3.05) is 5.73 Å². The van der Waals surface area contributed by atoms with Crippen LogP contribution >= 0.6 is 15.9 Å². The minimum atomic E-state index is 0.354. The molecule has 1 aromatic heterocycles. The second kappa shape index (κ2) is 5.75. The summed E-state index contributed by atoms with van der Waals surface area (Å²) in [6.07, 6.45) is 3.65. The zero-order chi connectivity index (χ0) is 15.0. The molecule has 1 heterocycles. The number of rotatable bonds is 2. The van der Waals surface area contributed by atoms with E-state index < -0.39 is 0 Å². The fourth-order valence-corrected chi connectivity index (χ4v) is 3.66. The lowest BCUT2D eigenvalue weighted by molar-refractivity contribution is 0.174. The van der Waals surface area contributed by atoms with Crippen LogP contribution in [0.4, 0.5) is 5.69 Å². The van der Waals surface area contributed by atoms with Crippen LogP contribution < -0.4 is 5.73 Å². The first-order valence-corrected chi connectivity index (χ1v) is 8.21. The summed E-state index contributed by atoms with van der Waals surface area (Å²) in [7, 11) is 0. The van der Waals surface area contributed by atoms with Crippen LogP contribution in [0.25, 0.3) is 11.4 Å². The molecule has 2 aromatic rings. The SMILES string of the molecule is CC1CCCC(n2nnnc2-c2cccc(N)c2Br)C1C. The van der Waals surface area contributed by atoms with Crippen molar-refractivity contribution in [3.8, 4) is 11.4 Å². The molecule has 21 heavy (non-hydrogen) atoms. The van der Waals surface area contributed by atoms with E-state index in [0.29, 0.717) is 23.6 Å². The molecule has 1 aromatic carbocycles. The van der Waals surface area contributed by atoms with E-state index in [4.69, 9.17) is 5.73 Å². The lowest BCUT2D eigenvalue weighted by Gasteiger charge is -2.34. The Hall–Kier alpha value is -1.43. The third-order valence-corrected chi connectivity index (χ3v) is 5.63. The van der Waals surface area contributed by atoms with Crippen LogP contribution in [0.1, 0.15) is 39.2 Å². The van der Waals surface area contributed by atoms with Gasteiger partial charge in [-0.2, -0.15) is 0 Å². The Morgan fingerprint density at radius 3 is 2.90 bits per heavy atom. The number of benzene rings is 1. The third kappa shape index (κ3) is 2.57. The monoisotopic (exact) mass is 349 g/mol. The number of halogens is 1. The highest BCUT2D eigenvalue weighted by Gasteiger charge is 2.31. The second-order valence-electron chi connectivity index (χ2n) is 5.99.